The third-order valence-electron chi connectivity index (χ3n) is 8.01. The van der Waals surface area contributed by atoms with Gasteiger partial charge in [0.05, 0.1) is 16.9 Å². The molecule has 7 nitrogen and oxygen atoms in total. The lowest BCUT2D eigenvalue weighted by Crippen LogP contribution is -2.34. The number of amides is 1. The normalized spacial score (nSPS) is 14.9. The van der Waals surface area contributed by atoms with Crippen LogP contribution in [0.3, 0.4) is 0 Å². The van der Waals surface area contributed by atoms with Gasteiger partial charge in [-0.15, -0.1) is 24.8 Å². The van der Waals surface area contributed by atoms with E-state index in [2.05, 4.69) is 71.5 Å². The molecule has 4 aromatic rings. The number of ether oxygens (including phenoxy) is 1. The van der Waals surface area contributed by atoms with E-state index >= 15 is 0 Å². The molecule has 0 unspecified atom stereocenters. The van der Waals surface area contributed by atoms with Crippen LogP contribution in [0.4, 0.5) is 0 Å². The Balaban J connectivity index is 0.00000176. The summed E-state index contributed by atoms with van der Waals surface area (Å²) in [6.07, 6.45) is 4.99. The van der Waals surface area contributed by atoms with Crippen LogP contribution in [0.25, 0.3) is 16.6 Å². The van der Waals surface area contributed by atoms with E-state index in [4.69, 9.17) is 9.72 Å². The summed E-state index contributed by atoms with van der Waals surface area (Å²) in [6.45, 7) is 7.74. The number of aromatic nitrogens is 3. The van der Waals surface area contributed by atoms with Gasteiger partial charge < -0.3 is 15.0 Å². The van der Waals surface area contributed by atoms with Crippen LogP contribution < -0.4 is 10.1 Å². The molecule has 9 heteroatoms. The van der Waals surface area contributed by atoms with Crippen molar-refractivity contribution in [2.75, 3.05) is 26.7 Å². The summed E-state index contributed by atoms with van der Waals surface area (Å²) in [5.41, 5.74) is 8.28. The Bertz CT molecular complexity index is 1490. The summed E-state index contributed by atoms with van der Waals surface area (Å²) < 4.78 is 8.25. The highest BCUT2D eigenvalue weighted by atomic mass is 35.5. The van der Waals surface area contributed by atoms with Crippen LogP contribution in [0, 0.1) is 13.8 Å². The Morgan fingerprint density at radius 2 is 1.87 bits per heavy atom. The van der Waals surface area contributed by atoms with Crippen molar-refractivity contribution in [3.8, 4) is 11.4 Å². The van der Waals surface area contributed by atoms with Crippen LogP contribution in [0.2, 0.25) is 0 Å². The van der Waals surface area contributed by atoms with Gasteiger partial charge in [-0.05, 0) is 81.4 Å². The molecule has 39 heavy (non-hydrogen) atoms. The van der Waals surface area contributed by atoms with E-state index < -0.39 is 0 Å². The predicted molar refractivity (Wildman–Crippen MR) is 159 cm³/mol. The molecule has 1 N–H and O–H groups in total. The van der Waals surface area contributed by atoms with Gasteiger partial charge in [0.2, 0.25) is 0 Å². The maximum atomic E-state index is 12.2. The van der Waals surface area contributed by atoms with Gasteiger partial charge in [-0.3, -0.25) is 14.3 Å². The second kappa shape index (κ2) is 11.9. The van der Waals surface area contributed by atoms with Crippen LogP contribution in [0.5, 0.6) is 5.75 Å². The Hall–Kier alpha value is -3.13. The van der Waals surface area contributed by atoms with Gasteiger partial charge >= 0.3 is 0 Å². The van der Waals surface area contributed by atoms with Gasteiger partial charge in [0, 0.05) is 30.2 Å². The van der Waals surface area contributed by atoms with Crippen molar-refractivity contribution in [1.82, 2.24) is 24.8 Å². The van der Waals surface area contributed by atoms with Crippen LogP contribution >= 0.6 is 24.8 Å². The van der Waals surface area contributed by atoms with E-state index in [9.17, 15) is 4.79 Å². The van der Waals surface area contributed by atoms with Gasteiger partial charge in [-0.25, -0.2) is 4.98 Å². The molecule has 2 aromatic heterocycles. The van der Waals surface area contributed by atoms with Gasteiger partial charge in [-0.2, -0.15) is 0 Å². The first-order valence-corrected chi connectivity index (χ1v) is 13.2. The molecule has 1 saturated heterocycles. The smallest absolute Gasteiger partial charge is 0.271 e. The summed E-state index contributed by atoms with van der Waals surface area (Å²) in [6, 6.07) is 15.1. The molecule has 1 fully saturated rings. The minimum absolute atomic E-state index is 0. The second-order valence-corrected chi connectivity index (χ2v) is 10.2. The number of carbonyl (C=O) groups is 1. The van der Waals surface area contributed by atoms with Crippen LogP contribution in [-0.4, -0.2) is 52.0 Å². The van der Waals surface area contributed by atoms with Crippen LogP contribution in [-0.2, 0) is 13.0 Å². The first kappa shape index (κ1) is 28.9. The zero-order chi connectivity index (χ0) is 25.5. The van der Waals surface area contributed by atoms with E-state index in [-0.39, 0.29) is 30.7 Å². The molecule has 2 aliphatic rings. The lowest BCUT2D eigenvalue weighted by molar-refractivity contribution is 0.0955. The third-order valence-corrected chi connectivity index (χ3v) is 8.01. The van der Waals surface area contributed by atoms with E-state index in [1.807, 2.05) is 4.57 Å². The van der Waals surface area contributed by atoms with E-state index in [0.29, 0.717) is 18.2 Å². The van der Waals surface area contributed by atoms with Crippen molar-refractivity contribution in [3.05, 3.63) is 82.6 Å². The fourth-order valence-corrected chi connectivity index (χ4v) is 5.92. The van der Waals surface area contributed by atoms with Crippen LogP contribution in [0.1, 0.15) is 57.3 Å². The summed E-state index contributed by atoms with van der Waals surface area (Å²) in [5, 5.41) is 3.96. The number of carbonyl (C=O) groups excluding carboxylic acids is 1. The number of likely N-dealkylation sites (tertiary alicyclic amines) is 1. The lowest BCUT2D eigenvalue weighted by Gasteiger charge is -2.33. The van der Waals surface area contributed by atoms with Crippen LogP contribution in [0.15, 0.2) is 48.8 Å². The molecule has 0 atom stereocenters. The average molecular weight is 569 g/mol. The molecule has 0 bridgehead atoms. The molecular formula is C30H35Cl2N5O2. The monoisotopic (exact) mass is 567 g/mol. The Morgan fingerprint density at radius 1 is 1.08 bits per heavy atom. The van der Waals surface area contributed by atoms with E-state index in [0.717, 1.165) is 67.2 Å². The first-order chi connectivity index (χ1) is 18.0. The summed E-state index contributed by atoms with van der Waals surface area (Å²) in [7, 11) is 1.62. The van der Waals surface area contributed by atoms with Gasteiger partial charge in [-0.1, -0.05) is 24.3 Å². The number of fused-ring (bicyclic) bond motifs is 4. The molecular weight excluding hydrogens is 533 g/mol. The number of imidazole rings is 1. The van der Waals surface area contributed by atoms with Crippen molar-refractivity contribution >= 4 is 41.6 Å². The second-order valence-electron chi connectivity index (χ2n) is 10.2. The zero-order valence-electron chi connectivity index (χ0n) is 22.6. The quantitative estimate of drug-likeness (QED) is 0.342. The number of aryl methyl sites for hydroxylation is 2. The molecule has 0 radical (unpaired) electrons. The SMILES string of the molecule is CNC(=O)c1ncn2c1COc1c-2ccc(C)c1CCN1CCC(c2cccc3nc(C)ccc23)CC1.Cl.Cl. The van der Waals surface area contributed by atoms with Crippen molar-refractivity contribution < 1.29 is 9.53 Å². The molecule has 206 valence electrons. The summed E-state index contributed by atoms with van der Waals surface area (Å²) in [5.74, 6) is 1.31. The largest absolute Gasteiger partial charge is 0.485 e. The van der Waals surface area contributed by atoms with Gasteiger partial charge in [0.1, 0.15) is 18.7 Å². The van der Waals surface area contributed by atoms with Crippen molar-refractivity contribution in [1.29, 1.82) is 0 Å². The highest BCUT2D eigenvalue weighted by Crippen LogP contribution is 2.37. The van der Waals surface area contributed by atoms with Crippen molar-refractivity contribution in [2.45, 2.75) is 45.6 Å². The number of hydrogen-bond acceptors (Lipinski definition) is 5. The Labute approximate surface area is 241 Å². The number of halogens is 2. The number of pyridine rings is 1. The highest BCUT2D eigenvalue weighted by Gasteiger charge is 2.27. The summed E-state index contributed by atoms with van der Waals surface area (Å²) >= 11 is 0. The number of nitrogens with zero attached hydrogens (tertiary/aromatic N) is 4. The maximum absolute atomic E-state index is 12.2. The standard InChI is InChI=1S/C30H33N5O2.2ClH/c1-19-7-10-26-29(37-17-27-28(30(36)31-3)32-18-35(26)27)22(19)13-16-34-14-11-21(12-15-34)23-5-4-6-25-24(23)9-8-20(2)33-25;;/h4-10,18,21H,11-17H2,1-3H3,(H,31,36);2*1H. The number of piperidine rings is 1. The predicted octanol–water partition coefficient (Wildman–Crippen LogP) is 5.56. The highest BCUT2D eigenvalue weighted by molar-refractivity contribution is 5.93. The topological polar surface area (TPSA) is 72.3 Å². The minimum atomic E-state index is -0.189. The van der Waals surface area contributed by atoms with Crippen molar-refractivity contribution in [2.24, 2.45) is 0 Å². The molecule has 2 aliphatic heterocycles. The first-order valence-electron chi connectivity index (χ1n) is 13.2. The van der Waals surface area contributed by atoms with Gasteiger partial charge in [0.15, 0.2) is 5.69 Å². The van der Waals surface area contributed by atoms with E-state index in [1.165, 1.54) is 22.1 Å². The molecule has 0 spiro atoms. The molecule has 6 rings (SSSR count). The number of nitrogens with one attached hydrogen (secondary N) is 1. The van der Waals surface area contributed by atoms with Gasteiger partial charge in [0.25, 0.3) is 5.91 Å². The Kier molecular flexibility index (Phi) is 8.84. The Morgan fingerprint density at radius 3 is 2.64 bits per heavy atom. The maximum Gasteiger partial charge on any atom is 0.271 e. The fourth-order valence-electron chi connectivity index (χ4n) is 5.92. The average Bonchev–Trinajstić information content (AvgIpc) is 3.36. The third kappa shape index (κ3) is 5.36. The molecule has 4 heterocycles. The van der Waals surface area contributed by atoms with E-state index in [1.54, 1.807) is 13.4 Å². The minimum Gasteiger partial charge on any atom is -0.485 e. The molecule has 0 saturated carbocycles. The zero-order valence-corrected chi connectivity index (χ0v) is 24.2. The van der Waals surface area contributed by atoms with Crippen molar-refractivity contribution in [3.63, 3.8) is 0 Å². The molecule has 1 amide bonds. The number of hydrogen-bond donors (Lipinski definition) is 1. The molecule has 2 aromatic carbocycles. The summed E-state index contributed by atoms with van der Waals surface area (Å²) in [4.78, 5) is 23.9. The number of rotatable bonds is 5. The fraction of sp³-hybridized carbons (Fsp3) is 0.367. The number of benzene rings is 2. The molecule has 0 aliphatic carbocycles. The lowest BCUT2D eigenvalue weighted by atomic mass is 9.87.